The van der Waals surface area contributed by atoms with Gasteiger partial charge in [0.05, 0.1) is 4.90 Å². The molecule has 0 radical (unpaired) electrons. The minimum Gasteiger partial charge on any atom is -0.207 e. The van der Waals surface area contributed by atoms with E-state index >= 15 is 0 Å². The smallest absolute Gasteiger partial charge is 0.207 e. The summed E-state index contributed by atoms with van der Waals surface area (Å²) >= 11 is 0. The molecule has 1 atom stereocenters. The molecule has 0 amide bonds. The van der Waals surface area contributed by atoms with Gasteiger partial charge in [-0.25, -0.2) is 17.5 Å². The van der Waals surface area contributed by atoms with E-state index in [1.165, 1.54) is 12.1 Å². The van der Waals surface area contributed by atoms with Crippen molar-refractivity contribution in [2.45, 2.75) is 31.2 Å². The third kappa shape index (κ3) is 3.68. The van der Waals surface area contributed by atoms with Crippen LogP contribution in [0.1, 0.15) is 30.5 Å². The normalized spacial score (nSPS) is 13.1. The van der Waals surface area contributed by atoms with E-state index < -0.39 is 15.8 Å². The third-order valence-electron chi connectivity index (χ3n) is 3.33. The average Bonchev–Trinajstić information content (AvgIpc) is 2.45. The molecule has 0 unspecified atom stereocenters. The average molecular weight is 307 g/mol. The number of rotatable bonds is 5. The standard InChI is InChI=1S/C16H18FNO2S/c1-3-15(13-7-5-4-6-8-13)18-21(19,20)16-10-9-14(17)11-12(16)2/h4-11,15,18H,3H2,1-2H3/t15-/m1/s1. The summed E-state index contributed by atoms with van der Waals surface area (Å²) in [7, 11) is -3.68. The number of hydrogen-bond donors (Lipinski definition) is 1. The first kappa shape index (κ1) is 15.7. The molecule has 0 aliphatic rings. The lowest BCUT2D eigenvalue weighted by Crippen LogP contribution is -2.28. The van der Waals surface area contributed by atoms with Crippen LogP contribution < -0.4 is 4.72 Å². The van der Waals surface area contributed by atoms with E-state index in [4.69, 9.17) is 0 Å². The van der Waals surface area contributed by atoms with Crippen LogP contribution in [0, 0.1) is 12.7 Å². The fraction of sp³-hybridized carbons (Fsp3) is 0.250. The Morgan fingerprint density at radius 2 is 1.81 bits per heavy atom. The summed E-state index contributed by atoms with van der Waals surface area (Å²) in [6.45, 7) is 3.50. The van der Waals surface area contributed by atoms with Crippen molar-refractivity contribution in [1.29, 1.82) is 0 Å². The van der Waals surface area contributed by atoms with Crippen LogP contribution in [0.5, 0.6) is 0 Å². The second-order valence-electron chi connectivity index (χ2n) is 4.90. The zero-order valence-corrected chi connectivity index (χ0v) is 12.8. The molecule has 0 aliphatic carbocycles. The summed E-state index contributed by atoms with van der Waals surface area (Å²) in [4.78, 5) is 0.110. The minimum absolute atomic E-state index is 0.110. The van der Waals surface area contributed by atoms with Crippen LogP contribution in [0.4, 0.5) is 4.39 Å². The number of sulfonamides is 1. The van der Waals surface area contributed by atoms with Gasteiger partial charge in [0.1, 0.15) is 5.82 Å². The molecule has 2 aromatic carbocycles. The van der Waals surface area contributed by atoms with Crippen molar-refractivity contribution in [2.24, 2.45) is 0 Å². The molecule has 0 bridgehead atoms. The first-order valence-corrected chi connectivity index (χ1v) is 8.26. The molecule has 0 saturated heterocycles. The van der Waals surface area contributed by atoms with Gasteiger partial charge in [-0.3, -0.25) is 0 Å². The number of aryl methyl sites for hydroxylation is 1. The Hall–Kier alpha value is -1.72. The van der Waals surface area contributed by atoms with Crippen LogP contribution in [-0.4, -0.2) is 8.42 Å². The molecule has 0 aliphatic heterocycles. The summed E-state index contributed by atoms with van der Waals surface area (Å²) in [5.74, 6) is -0.443. The SMILES string of the molecule is CC[C@@H](NS(=O)(=O)c1ccc(F)cc1C)c1ccccc1. The van der Waals surface area contributed by atoms with E-state index in [0.29, 0.717) is 12.0 Å². The highest BCUT2D eigenvalue weighted by atomic mass is 32.2. The summed E-state index contributed by atoms with van der Waals surface area (Å²) in [5.41, 5.74) is 1.30. The van der Waals surface area contributed by atoms with Gasteiger partial charge in [-0.15, -0.1) is 0 Å². The Morgan fingerprint density at radius 1 is 1.14 bits per heavy atom. The van der Waals surface area contributed by atoms with Crippen LogP contribution in [0.15, 0.2) is 53.4 Å². The van der Waals surface area contributed by atoms with Crippen LogP contribution >= 0.6 is 0 Å². The molecule has 0 heterocycles. The Balaban J connectivity index is 2.32. The highest BCUT2D eigenvalue weighted by Gasteiger charge is 2.22. The van der Waals surface area contributed by atoms with E-state index in [2.05, 4.69) is 4.72 Å². The Kier molecular flexibility index (Phi) is 4.75. The van der Waals surface area contributed by atoms with Gasteiger partial charge in [0.15, 0.2) is 0 Å². The highest BCUT2D eigenvalue weighted by Crippen LogP contribution is 2.22. The zero-order valence-electron chi connectivity index (χ0n) is 12.0. The first-order chi connectivity index (χ1) is 9.94. The van der Waals surface area contributed by atoms with E-state index in [0.717, 1.165) is 11.6 Å². The van der Waals surface area contributed by atoms with E-state index in [9.17, 15) is 12.8 Å². The predicted molar refractivity (Wildman–Crippen MR) is 80.9 cm³/mol. The first-order valence-electron chi connectivity index (χ1n) is 6.77. The third-order valence-corrected chi connectivity index (χ3v) is 4.97. The predicted octanol–water partition coefficient (Wildman–Crippen LogP) is 3.56. The fourth-order valence-corrected chi connectivity index (χ4v) is 3.77. The molecule has 1 N–H and O–H groups in total. The van der Waals surface area contributed by atoms with Crippen molar-refractivity contribution in [2.75, 3.05) is 0 Å². The highest BCUT2D eigenvalue weighted by molar-refractivity contribution is 7.89. The van der Waals surface area contributed by atoms with Crippen molar-refractivity contribution < 1.29 is 12.8 Å². The van der Waals surface area contributed by atoms with Crippen LogP contribution in [0.25, 0.3) is 0 Å². The monoisotopic (exact) mass is 307 g/mol. The van der Waals surface area contributed by atoms with Crippen LogP contribution in [0.3, 0.4) is 0 Å². The Morgan fingerprint density at radius 3 is 2.38 bits per heavy atom. The summed E-state index contributed by atoms with van der Waals surface area (Å²) < 4.78 is 40.7. The topological polar surface area (TPSA) is 46.2 Å². The maximum Gasteiger partial charge on any atom is 0.241 e. The fourth-order valence-electron chi connectivity index (χ4n) is 2.24. The Bertz CT molecular complexity index is 714. The van der Waals surface area contributed by atoms with Gasteiger partial charge in [-0.1, -0.05) is 37.3 Å². The van der Waals surface area contributed by atoms with Gasteiger partial charge >= 0.3 is 0 Å². The van der Waals surface area contributed by atoms with Gasteiger partial charge in [-0.05, 0) is 42.7 Å². The molecule has 112 valence electrons. The minimum atomic E-state index is -3.68. The van der Waals surface area contributed by atoms with Crippen LogP contribution in [0.2, 0.25) is 0 Å². The summed E-state index contributed by atoms with van der Waals surface area (Å²) in [6, 6.07) is 12.8. The Labute approximate surface area is 124 Å². The molecule has 0 spiro atoms. The van der Waals surface area contributed by atoms with Gasteiger partial charge in [-0.2, -0.15) is 0 Å². The van der Waals surface area contributed by atoms with Gasteiger partial charge < -0.3 is 0 Å². The van der Waals surface area contributed by atoms with Gasteiger partial charge in [0, 0.05) is 6.04 Å². The van der Waals surface area contributed by atoms with Gasteiger partial charge in [0.25, 0.3) is 0 Å². The molecule has 0 fully saturated rings. The van der Waals surface area contributed by atoms with Crippen molar-refractivity contribution in [1.82, 2.24) is 4.72 Å². The molecular weight excluding hydrogens is 289 g/mol. The van der Waals surface area contributed by atoms with Gasteiger partial charge in [0.2, 0.25) is 10.0 Å². The molecule has 2 rings (SSSR count). The molecule has 5 heteroatoms. The molecule has 2 aromatic rings. The quantitative estimate of drug-likeness (QED) is 0.918. The molecule has 3 nitrogen and oxygen atoms in total. The molecule has 0 saturated carbocycles. The molecule has 21 heavy (non-hydrogen) atoms. The van der Waals surface area contributed by atoms with Crippen LogP contribution in [-0.2, 0) is 10.0 Å². The zero-order chi connectivity index (χ0) is 15.5. The lowest BCUT2D eigenvalue weighted by atomic mass is 10.1. The lowest BCUT2D eigenvalue weighted by Gasteiger charge is -2.18. The second kappa shape index (κ2) is 6.37. The number of nitrogens with one attached hydrogen (secondary N) is 1. The van der Waals surface area contributed by atoms with Crippen molar-refractivity contribution >= 4 is 10.0 Å². The number of halogens is 1. The maximum atomic E-state index is 13.1. The molecule has 0 aromatic heterocycles. The summed E-state index contributed by atoms with van der Waals surface area (Å²) in [5, 5.41) is 0. The number of benzene rings is 2. The van der Waals surface area contributed by atoms with E-state index in [1.54, 1.807) is 6.92 Å². The van der Waals surface area contributed by atoms with Crippen molar-refractivity contribution in [3.05, 3.63) is 65.5 Å². The van der Waals surface area contributed by atoms with E-state index in [-0.39, 0.29) is 10.9 Å². The van der Waals surface area contributed by atoms with Crippen molar-refractivity contribution in [3.8, 4) is 0 Å². The second-order valence-corrected chi connectivity index (χ2v) is 6.59. The largest absolute Gasteiger partial charge is 0.241 e. The lowest BCUT2D eigenvalue weighted by molar-refractivity contribution is 0.549. The number of hydrogen-bond acceptors (Lipinski definition) is 2. The maximum absolute atomic E-state index is 13.1. The summed E-state index contributed by atoms with van der Waals surface area (Å²) in [6.07, 6.45) is 0.628. The van der Waals surface area contributed by atoms with E-state index in [1.807, 2.05) is 37.3 Å². The van der Waals surface area contributed by atoms with Crippen molar-refractivity contribution in [3.63, 3.8) is 0 Å². The molecular formula is C16H18FNO2S.